The highest BCUT2D eigenvalue weighted by molar-refractivity contribution is 7.93. The molecule has 0 amide bonds. The lowest BCUT2D eigenvalue weighted by Crippen LogP contribution is -2.29. The van der Waals surface area contributed by atoms with Crippen molar-refractivity contribution in [2.75, 3.05) is 4.72 Å². The number of thiazole rings is 1. The van der Waals surface area contributed by atoms with Crippen molar-refractivity contribution in [1.29, 1.82) is 0 Å². The fourth-order valence-electron chi connectivity index (χ4n) is 2.14. The number of hydrogen-bond donors (Lipinski definition) is 1. The quantitative estimate of drug-likeness (QED) is 0.524. The van der Waals surface area contributed by atoms with Gasteiger partial charge in [0.2, 0.25) is 0 Å². The number of alkyl halides is 3. The van der Waals surface area contributed by atoms with Gasteiger partial charge >= 0.3 is 15.5 Å². The molecule has 11 heteroatoms. The third kappa shape index (κ3) is 4.37. The van der Waals surface area contributed by atoms with Crippen LogP contribution < -0.4 is 4.72 Å². The zero-order valence-electron chi connectivity index (χ0n) is 13.1. The Labute approximate surface area is 166 Å². The molecule has 142 valence electrons. The highest BCUT2D eigenvalue weighted by Crippen LogP contribution is 2.40. The Balaban J connectivity index is 2.11. The van der Waals surface area contributed by atoms with E-state index in [2.05, 4.69) is 4.98 Å². The molecular formula is C16H9Cl2F3N2O2S2. The predicted octanol–water partition coefficient (Wildman–Crippen LogP) is 6.05. The second-order valence-electron chi connectivity index (χ2n) is 5.26. The van der Waals surface area contributed by atoms with E-state index in [1.54, 1.807) is 48.5 Å². The van der Waals surface area contributed by atoms with Crippen LogP contribution in [0.15, 0.2) is 48.5 Å². The van der Waals surface area contributed by atoms with Gasteiger partial charge in [0, 0.05) is 15.6 Å². The van der Waals surface area contributed by atoms with Crippen molar-refractivity contribution in [2.24, 2.45) is 0 Å². The first-order valence-corrected chi connectivity index (χ1v) is 10.2. The summed E-state index contributed by atoms with van der Waals surface area (Å²) in [4.78, 5) is 4.54. The molecule has 0 radical (unpaired) electrons. The molecule has 1 heterocycles. The molecule has 3 rings (SSSR count). The summed E-state index contributed by atoms with van der Waals surface area (Å²) in [6, 6.07) is 13.0. The molecular weight excluding hydrogens is 444 g/mol. The summed E-state index contributed by atoms with van der Waals surface area (Å²) >= 11 is 12.5. The van der Waals surface area contributed by atoms with Crippen molar-refractivity contribution in [3.63, 3.8) is 0 Å². The maximum atomic E-state index is 12.7. The number of aromatic nitrogens is 1. The minimum atomic E-state index is -5.58. The van der Waals surface area contributed by atoms with Crippen molar-refractivity contribution in [3.05, 3.63) is 58.6 Å². The van der Waals surface area contributed by atoms with E-state index >= 15 is 0 Å². The van der Waals surface area contributed by atoms with Gasteiger partial charge in [-0.3, -0.25) is 4.72 Å². The molecule has 4 nitrogen and oxygen atoms in total. The SMILES string of the molecule is O=S(=O)(Nc1nc(-c2ccc(Cl)cc2)c(-c2ccc(Cl)cc2)s1)C(F)(F)F. The van der Waals surface area contributed by atoms with Gasteiger partial charge in [-0.25, -0.2) is 4.98 Å². The fourth-order valence-corrected chi connectivity index (χ4v) is 4.12. The van der Waals surface area contributed by atoms with Crippen LogP contribution in [0, 0.1) is 0 Å². The minimum absolute atomic E-state index is 0.318. The molecule has 0 aliphatic carbocycles. The van der Waals surface area contributed by atoms with Gasteiger partial charge in [-0.2, -0.15) is 21.6 Å². The van der Waals surface area contributed by atoms with Gasteiger partial charge in [0.15, 0.2) is 5.13 Å². The van der Waals surface area contributed by atoms with E-state index in [4.69, 9.17) is 23.2 Å². The first kappa shape index (κ1) is 19.9. The van der Waals surface area contributed by atoms with Crippen LogP contribution in [0.3, 0.4) is 0 Å². The third-order valence-corrected chi connectivity index (χ3v) is 6.10. The number of nitrogens with zero attached hydrogens (tertiary/aromatic N) is 1. The Morgan fingerprint density at radius 1 is 0.889 bits per heavy atom. The zero-order valence-corrected chi connectivity index (χ0v) is 16.2. The molecule has 3 aromatic rings. The number of hydrogen-bond acceptors (Lipinski definition) is 4. The first-order valence-electron chi connectivity index (χ1n) is 7.18. The van der Waals surface area contributed by atoms with Gasteiger partial charge in [-0.05, 0) is 29.8 Å². The van der Waals surface area contributed by atoms with Crippen molar-refractivity contribution in [1.82, 2.24) is 4.98 Å². The maximum absolute atomic E-state index is 12.7. The number of rotatable bonds is 4. The Morgan fingerprint density at radius 3 is 1.85 bits per heavy atom. The summed E-state index contributed by atoms with van der Waals surface area (Å²) in [5, 5.41) is 0.552. The summed E-state index contributed by atoms with van der Waals surface area (Å²) in [7, 11) is -5.58. The van der Waals surface area contributed by atoms with Crippen LogP contribution >= 0.6 is 34.5 Å². The second kappa shape index (κ2) is 7.31. The molecule has 0 aliphatic rings. The molecule has 0 bridgehead atoms. The molecule has 0 fully saturated rings. The molecule has 0 aliphatic heterocycles. The summed E-state index contributed by atoms with van der Waals surface area (Å²) in [6.07, 6.45) is 0. The zero-order chi connectivity index (χ0) is 19.8. The van der Waals surface area contributed by atoms with Crippen LogP contribution in [0.2, 0.25) is 10.0 Å². The van der Waals surface area contributed by atoms with Crippen LogP contribution in [0.4, 0.5) is 18.3 Å². The lowest BCUT2D eigenvalue weighted by molar-refractivity contribution is -0.0429. The fraction of sp³-hybridized carbons (Fsp3) is 0.0625. The normalized spacial score (nSPS) is 12.2. The molecule has 0 saturated heterocycles. The van der Waals surface area contributed by atoms with Crippen molar-refractivity contribution >= 4 is 49.7 Å². The highest BCUT2D eigenvalue weighted by Gasteiger charge is 2.46. The third-order valence-electron chi connectivity index (χ3n) is 3.38. The lowest BCUT2D eigenvalue weighted by atomic mass is 10.1. The molecule has 0 spiro atoms. The van der Waals surface area contributed by atoms with Crippen LogP contribution in [0.1, 0.15) is 0 Å². The van der Waals surface area contributed by atoms with Crippen molar-refractivity contribution in [3.8, 4) is 21.7 Å². The molecule has 0 saturated carbocycles. The first-order chi connectivity index (χ1) is 12.6. The van der Waals surface area contributed by atoms with E-state index in [1.807, 2.05) is 0 Å². The number of halogens is 5. The Kier molecular flexibility index (Phi) is 5.40. The van der Waals surface area contributed by atoms with Gasteiger partial charge < -0.3 is 0 Å². The molecule has 0 unspecified atom stereocenters. The van der Waals surface area contributed by atoms with Gasteiger partial charge in [0.1, 0.15) is 0 Å². The smallest absolute Gasteiger partial charge is 0.251 e. The Bertz CT molecular complexity index is 1000. The number of benzene rings is 2. The monoisotopic (exact) mass is 452 g/mol. The summed E-state index contributed by atoms with van der Waals surface area (Å²) in [5.41, 5.74) is -3.93. The Morgan fingerprint density at radius 2 is 1.37 bits per heavy atom. The lowest BCUT2D eigenvalue weighted by Gasteiger charge is -2.07. The molecule has 1 aromatic heterocycles. The minimum Gasteiger partial charge on any atom is -0.251 e. The van der Waals surface area contributed by atoms with Crippen LogP contribution in [0.5, 0.6) is 0 Å². The summed E-state index contributed by atoms with van der Waals surface area (Å²) in [5.74, 6) is 0. The van der Waals surface area contributed by atoms with Crippen LogP contribution in [0.25, 0.3) is 21.7 Å². The number of sulfonamides is 1. The highest BCUT2D eigenvalue weighted by atomic mass is 35.5. The topological polar surface area (TPSA) is 59.1 Å². The van der Waals surface area contributed by atoms with Gasteiger partial charge in [-0.15, -0.1) is 0 Å². The maximum Gasteiger partial charge on any atom is 0.516 e. The summed E-state index contributed by atoms with van der Waals surface area (Å²) < 4.78 is 62.3. The molecule has 0 atom stereocenters. The average molecular weight is 453 g/mol. The standard InChI is InChI=1S/C16H9Cl2F3N2O2S2/c17-11-5-1-9(2-6-11)13-14(10-3-7-12(18)8-4-10)26-15(22-13)23-27(24,25)16(19,20)21/h1-8H,(H,22,23). The van der Waals surface area contributed by atoms with Gasteiger partial charge in [0.25, 0.3) is 0 Å². The largest absolute Gasteiger partial charge is 0.516 e. The van der Waals surface area contributed by atoms with E-state index in [1.165, 1.54) is 4.72 Å². The van der Waals surface area contributed by atoms with Gasteiger partial charge in [0.05, 0.1) is 10.6 Å². The van der Waals surface area contributed by atoms with Gasteiger partial charge in [-0.1, -0.05) is 58.8 Å². The predicted molar refractivity (Wildman–Crippen MR) is 102 cm³/mol. The number of anilines is 1. The van der Waals surface area contributed by atoms with Crippen molar-refractivity contribution < 1.29 is 21.6 Å². The van der Waals surface area contributed by atoms with E-state index in [9.17, 15) is 21.6 Å². The van der Waals surface area contributed by atoms with E-state index in [-0.39, 0.29) is 0 Å². The Hall–Kier alpha value is -1.81. The average Bonchev–Trinajstić information content (AvgIpc) is 2.98. The van der Waals surface area contributed by atoms with Crippen LogP contribution in [-0.4, -0.2) is 18.9 Å². The van der Waals surface area contributed by atoms with E-state index in [0.29, 0.717) is 31.7 Å². The molecule has 27 heavy (non-hydrogen) atoms. The molecule has 1 N–H and O–H groups in total. The van der Waals surface area contributed by atoms with Crippen LogP contribution in [-0.2, 0) is 10.0 Å². The van der Waals surface area contributed by atoms with Crippen molar-refractivity contribution in [2.45, 2.75) is 5.51 Å². The number of nitrogens with one attached hydrogen (secondary N) is 1. The summed E-state index contributed by atoms with van der Waals surface area (Å²) in [6.45, 7) is 0. The van der Waals surface area contributed by atoms with E-state index < -0.39 is 20.7 Å². The molecule has 2 aromatic carbocycles. The van der Waals surface area contributed by atoms with E-state index in [0.717, 1.165) is 11.3 Å². The second-order valence-corrected chi connectivity index (χ2v) is 8.81.